The first kappa shape index (κ1) is 12.0. The molecule has 1 aromatic rings. The molecule has 0 spiro atoms. The minimum atomic E-state index is 0.324. The lowest BCUT2D eigenvalue weighted by molar-refractivity contribution is 0.297. The fourth-order valence-electron chi connectivity index (χ4n) is 1.64. The van der Waals surface area contributed by atoms with Crippen LogP contribution < -0.4 is 5.73 Å². The number of rotatable bonds is 4. The molecule has 84 valence electrons. The van der Waals surface area contributed by atoms with E-state index in [0.717, 1.165) is 12.0 Å². The van der Waals surface area contributed by atoms with Gasteiger partial charge < -0.3 is 15.7 Å². The zero-order chi connectivity index (χ0) is 11.4. The van der Waals surface area contributed by atoms with Crippen molar-refractivity contribution in [3.8, 4) is 5.75 Å². The quantitative estimate of drug-likeness (QED) is 0.780. The summed E-state index contributed by atoms with van der Waals surface area (Å²) in [6, 6.07) is 5.84. The highest BCUT2D eigenvalue weighted by Gasteiger charge is 2.11. The van der Waals surface area contributed by atoms with Gasteiger partial charge in [0.25, 0.3) is 0 Å². The van der Waals surface area contributed by atoms with Gasteiger partial charge in [-0.3, -0.25) is 0 Å². The zero-order valence-electron chi connectivity index (χ0n) is 9.70. The molecule has 1 unspecified atom stereocenters. The molecule has 1 atom stereocenters. The van der Waals surface area contributed by atoms with E-state index in [1.807, 2.05) is 27.1 Å². The first-order valence-corrected chi connectivity index (χ1v) is 5.19. The number of hydrogen-bond acceptors (Lipinski definition) is 3. The third kappa shape index (κ3) is 3.22. The molecule has 3 heteroatoms. The van der Waals surface area contributed by atoms with E-state index in [1.165, 1.54) is 5.56 Å². The van der Waals surface area contributed by atoms with E-state index >= 15 is 0 Å². The Kier molecular flexibility index (Phi) is 4.12. The van der Waals surface area contributed by atoms with E-state index in [0.29, 0.717) is 18.3 Å². The van der Waals surface area contributed by atoms with Crippen molar-refractivity contribution in [2.24, 2.45) is 5.73 Å². The van der Waals surface area contributed by atoms with Gasteiger partial charge in [0, 0.05) is 12.6 Å². The Morgan fingerprint density at radius 1 is 1.40 bits per heavy atom. The standard InChI is InChI=1S/C12H20N2O/c1-9-6-12(15)5-4-10(9)7-11(8-13)14(2)3/h4-6,11,15H,7-8,13H2,1-3H3. The number of benzene rings is 1. The van der Waals surface area contributed by atoms with Crippen molar-refractivity contribution in [2.75, 3.05) is 20.6 Å². The normalized spacial score (nSPS) is 13.1. The maximum absolute atomic E-state index is 9.30. The first-order chi connectivity index (χ1) is 7.04. The van der Waals surface area contributed by atoms with Gasteiger partial charge in [-0.15, -0.1) is 0 Å². The lowest BCUT2D eigenvalue weighted by Crippen LogP contribution is -2.37. The topological polar surface area (TPSA) is 49.5 Å². The molecule has 0 heterocycles. The van der Waals surface area contributed by atoms with Gasteiger partial charge in [0.15, 0.2) is 0 Å². The number of phenols is 1. The molecule has 0 aliphatic rings. The zero-order valence-corrected chi connectivity index (χ0v) is 9.70. The third-order valence-electron chi connectivity index (χ3n) is 2.78. The van der Waals surface area contributed by atoms with Gasteiger partial charge in [0.05, 0.1) is 0 Å². The number of aryl methyl sites for hydroxylation is 1. The van der Waals surface area contributed by atoms with Crippen molar-refractivity contribution in [1.82, 2.24) is 4.90 Å². The highest BCUT2D eigenvalue weighted by Crippen LogP contribution is 2.17. The van der Waals surface area contributed by atoms with Gasteiger partial charge in [-0.2, -0.15) is 0 Å². The summed E-state index contributed by atoms with van der Waals surface area (Å²) in [7, 11) is 4.07. The van der Waals surface area contributed by atoms with Crippen molar-refractivity contribution in [1.29, 1.82) is 0 Å². The Balaban J connectivity index is 2.79. The molecule has 0 aliphatic carbocycles. The van der Waals surface area contributed by atoms with Crippen LogP contribution in [0.15, 0.2) is 18.2 Å². The Labute approximate surface area is 91.5 Å². The maximum atomic E-state index is 9.30. The molecule has 15 heavy (non-hydrogen) atoms. The summed E-state index contributed by atoms with van der Waals surface area (Å²) in [5, 5.41) is 9.30. The van der Waals surface area contributed by atoms with E-state index in [2.05, 4.69) is 4.90 Å². The maximum Gasteiger partial charge on any atom is 0.115 e. The molecular formula is C12H20N2O. The Hall–Kier alpha value is -1.06. The fourth-order valence-corrected chi connectivity index (χ4v) is 1.64. The van der Waals surface area contributed by atoms with Crippen molar-refractivity contribution < 1.29 is 5.11 Å². The molecule has 3 N–H and O–H groups in total. The SMILES string of the molecule is Cc1cc(O)ccc1CC(CN)N(C)C. The average molecular weight is 208 g/mol. The second-order valence-electron chi connectivity index (χ2n) is 4.17. The Morgan fingerprint density at radius 3 is 2.53 bits per heavy atom. The molecule has 0 aromatic heterocycles. The molecule has 3 nitrogen and oxygen atoms in total. The summed E-state index contributed by atoms with van der Waals surface area (Å²) < 4.78 is 0. The Morgan fingerprint density at radius 2 is 2.07 bits per heavy atom. The monoisotopic (exact) mass is 208 g/mol. The minimum Gasteiger partial charge on any atom is -0.508 e. The minimum absolute atomic E-state index is 0.324. The second-order valence-corrected chi connectivity index (χ2v) is 4.17. The lowest BCUT2D eigenvalue weighted by atomic mass is 10.0. The summed E-state index contributed by atoms with van der Waals surface area (Å²) in [6.45, 7) is 2.66. The van der Waals surface area contributed by atoms with Crippen molar-refractivity contribution >= 4 is 0 Å². The summed E-state index contributed by atoms with van der Waals surface area (Å²) in [4.78, 5) is 2.13. The third-order valence-corrected chi connectivity index (χ3v) is 2.78. The summed E-state index contributed by atoms with van der Waals surface area (Å²) >= 11 is 0. The van der Waals surface area contributed by atoms with Crippen LogP contribution in [-0.4, -0.2) is 36.7 Å². The fraction of sp³-hybridized carbons (Fsp3) is 0.500. The number of nitrogens with zero attached hydrogens (tertiary/aromatic N) is 1. The van der Waals surface area contributed by atoms with E-state index in [1.54, 1.807) is 12.1 Å². The van der Waals surface area contributed by atoms with Crippen LogP contribution >= 0.6 is 0 Å². The number of phenolic OH excluding ortho intramolecular Hbond substituents is 1. The van der Waals surface area contributed by atoms with E-state index in [9.17, 15) is 5.11 Å². The number of likely N-dealkylation sites (N-methyl/N-ethyl adjacent to an activating group) is 1. The van der Waals surface area contributed by atoms with Gasteiger partial charge in [0.1, 0.15) is 5.75 Å². The highest BCUT2D eigenvalue weighted by molar-refractivity contribution is 5.34. The van der Waals surface area contributed by atoms with Crippen molar-refractivity contribution in [3.05, 3.63) is 29.3 Å². The van der Waals surface area contributed by atoms with Crippen LogP contribution in [-0.2, 0) is 6.42 Å². The van der Waals surface area contributed by atoms with Crippen LogP contribution in [0.4, 0.5) is 0 Å². The first-order valence-electron chi connectivity index (χ1n) is 5.19. The molecule has 1 rings (SSSR count). The molecule has 0 amide bonds. The lowest BCUT2D eigenvalue weighted by Gasteiger charge is -2.23. The van der Waals surface area contributed by atoms with Gasteiger partial charge in [-0.1, -0.05) is 6.07 Å². The number of hydrogen-bond donors (Lipinski definition) is 2. The van der Waals surface area contributed by atoms with Crippen LogP contribution in [0.25, 0.3) is 0 Å². The molecule has 0 saturated carbocycles. The van der Waals surface area contributed by atoms with Crippen molar-refractivity contribution in [2.45, 2.75) is 19.4 Å². The molecular weight excluding hydrogens is 188 g/mol. The molecule has 0 saturated heterocycles. The van der Waals surface area contributed by atoms with Crippen molar-refractivity contribution in [3.63, 3.8) is 0 Å². The second kappa shape index (κ2) is 5.14. The van der Waals surface area contributed by atoms with Crippen LogP contribution in [0.1, 0.15) is 11.1 Å². The van der Waals surface area contributed by atoms with Crippen LogP contribution in [0.2, 0.25) is 0 Å². The highest BCUT2D eigenvalue weighted by atomic mass is 16.3. The number of aromatic hydroxyl groups is 1. The van der Waals surface area contributed by atoms with Crippen LogP contribution in [0, 0.1) is 6.92 Å². The predicted molar refractivity (Wildman–Crippen MR) is 63.1 cm³/mol. The average Bonchev–Trinajstić information content (AvgIpc) is 2.16. The Bertz CT molecular complexity index is 323. The predicted octanol–water partition coefficient (Wildman–Crippen LogP) is 1.13. The summed E-state index contributed by atoms with van der Waals surface area (Å²) in [5.41, 5.74) is 8.08. The molecule has 1 aromatic carbocycles. The van der Waals surface area contributed by atoms with E-state index in [4.69, 9.17) is 5.73 Å². The molecule has 0 fully saturated rings. The summed E-state index contributed by atoms with van der Waals surface area (Å²) in [6.07, 6.45) is 0.926. The van der Waals surface area contributed by atoms with Gasteiger partial charge >= 0.3 is 0 Å². The smallest absolute Gasteiger partial charge is 0.115 e. The molecule has 0 radical (unpaired) electrons. The molecule has 0 bridgehead atoms. The van der Waals surface area contributed by atoms with Gasteiger partial charge in [0.2, 0.25) is 0 Å². The van der Waals surface area contributed by atoms with Crippen LogP contribution in [0.3, 0.4) is 0 Å². The number of nitrogens with two attached hydrogens (primary N) is 1. The van der Waals surface area contributed by atoms with Gasteiger partial charge in [-0.25, -0.2) is 0 Å². The largest absolute Gasteiger partial charge is 0.508 e. The van der Waals surface area contributed by atoms with E-state index in [-0.39, 0.29) is 0 Å². The van der Waals surface area contributed by atoms with Crippen LogP contribution in [0.5, 0.6) is 5.75 Å². The summed E-state index contributed by atoms with van der Waals surface area (Å²) in [5.74, 6) is 0.324. The molecule has 0 aliphatic heterocycles. The van der Waals surface area contributed by atoms with E-state index < -0.39 is 0 Å². The van der Waals surface area contributed by atoms with Gasteiger partial charge in [-0.05, 0) is 50.7 Å².